The van der Waals surface area contributed by atoms with E-state index in [1.165, 1.54) is 23.5 Å². The van der Waals surface area contributed by atoms with Gasteiger partial charge >= 0.3 is 12.2 Å². The predicted octanol–water partition coefficient (Wildman–Crippen LogP) is 4.62. The molecule has 2 aromatic carbocycles. The first-order valence-electron chi connectivity index (χ1n) is 10.1. The summed E-state index contributed by atoms with van der Waals surface area (Å²) in [6.45, 7) is -1.01. The van der Waals surface area contributed by atoms with Crippen LogP contribution in [-0.2, 0) is 18.1 Å². The second kappa shape index (κ2) is 9.18. The summed E-state index contributed by atoms with van der Waals surface area (Å²) in [7, 11) is 0. The SMILES string of the molecule is OC(Cn1cnnn1)(c1ccc(F)cc1F)C(F)(F)c1ccc(-c2ccc(NC(F)(F)F)cc2)cn1. The highest BCUT2D eigenvalue weighted by Gasteiger charge is 2.58. The highest BCUT2D eigenvalue weighted by molar-refractivity contribution is 5.65. The van der Waals surface area contributed by atoms with Crippen LogP contribution in [0.2, 0.25) is 0 Å². The molecule has 7 nitrogen and oxygen atoms in total. The number of benzene rings is 2. The number of nitrogens with zero attached hydrogens (tertiary/aromatic N) is 5. The molecule has 36 heavy (non-hydrogen) atoms. The molecule has 0 saturated carbocycles. The average molecular weight is 512 g/mol. The van der Waals surface area contributed by atoms with Gasteiger partial charge in [-0.1, -0.05) is 18.2 Å². The van der Waals surface area contributed by atoms with E-state index in [4.69, 9.17) is 0 Å². The number of hydrogen-bond acceptors (Lipinski definition) is 6. The molecule has 0 spiro atoms. The van der Waals surface area contributed by atoms with Crippen LogP contribution < -0.4 is 5.32 Å². The van der Waals surface area contributed by atoms with Crippen molar-refractivity contribution >= 4 is 5.69 Å². The van der Waals surface area contributed by atoms with E-state index in [0.717, 1.165) is 35.4 Å². The lowest BCUT2D eigenvalue weighted by molar-refractivity contribution is -0.207. The Morgan fingerprint density at radius 3 is 2.14 bits per heavy atom. The minimum Gasteiger partial charge on any atom is -0.377 e. The number of alkyl halides is 5. The Labute approximate surface area is 198 Å². The van der Waals surface area contributed by atoms with E-state index in [0.29, 0.717) is 23.8 Å². The fraction of sp³-hybridized carbons (Fsp3) is 0.182. The lowest BCUT2D eigenvalue weighted by Gasteiger charge is -2.35. The zero-order chi connectivity index (χ0) is 26.1. The molecule has 1 atom stereocenters. The smallest absolute Gasteiger partial charge is 0.377 e. The van der Waals surface area contributed by atoms with Gasteiger partial charge in [0.05, 0.1) is 6.54 Å². The predicted molar refractivity (Wildman–Crippen MR) is 111 cm³/mol. The van der Waals surface area contributed by atoms with E-state index in [-0.39, 0.29) is 11.3 Å². The maximum absolute atomic E-state index is 15.7. The van der Waals surface area contributed by atoms with Crippen molar-refractivity contribution in [2.45, 2.75) is 24.4 Å². The Morgan fingerprint density at radius 1 is 0.889 bits per heavy atom. The van der Waals surface area contributed by atoms with Crippen molar-refractivity contribution in [1.29, 1.82) is 0 Å². The number of hydrogen-bond donors (Lipinski definition) is 2. The minimum atomic E-state index is -4.63. The number of aliphatic hydroxyl groups is 1. The fourth-order valence-electron chi connectivity index (χ4n) is 3.54. The first-order valence-corrected chi connectivity index (χ1v) is 10.1. The molecule has 4 aromatic rings. The maximum Gasteiger partial charge on any atom is 0.482 e. The molecule has 0 saturated heterocycles. The van der Waals surface area contributed by atoms with Gasteiger partial charge in [0.15, 0.2) is 5.60 Å². The third kappa shape index (κ3) is 4.98. The first kappa shape index (κ1) is 25.0. The Hall–Kier alpha value is -4.07. The van der Waals surface area contributed by atoms with Crippen molar-refractivity contribution in [3.63, 3.8) is 0 Å². The zero-order valence-corrected chi connectivity index (χ0v) is 17.9. The number of nitrogens with one attached hydrogen (secondary N) is 1. The van der Waals surface area contributed by atoms with Gasteiger partial charge in [0.2, 0.25) is 0 Å². The number of pyridine rings is 1. The van der Waals surface area contributed by atoms with Crippen molar-refractivity contribution in [3.05, 3.63) is 90.0 Å². The molecule has 1 unspecified atom stereocenters. The number of halogens is 7. The molecule has 0 fully saturated rings. The number of tetrazole rings is 1. The topological polar surface area (TPSA) is 88.8 Å². The van der Waals surface area contributed by atoms with Crippen LogP contribution in [-0.4, -0.2) is 36.6 Å². The van der Waals surface area contributed by atoms with Crippen LogP contribution in [0.5, 0.6) is 0 Å². The minimum absolute atomic E-state index is 0.226. The summed E-state index contributed by atoms with van der Waals surface area (Å²) in [6.07, 6.45) is -2.68. The molecule has 4 rings (SSSR count). The number of rotatable bonds is 7. The van der Waals surface area contributed by atoms with E-state index in [1.54, 1.807) is 0 Å². The summed E-state index contributed by atoms with van der Waals surface area (Å²) >= 11 is 0. The fourth-order valence-corrected chi connectivity index (χ4v) is 3.54. The molecular formula is C22H15F7N6O. The van der Waals surface area contributed by atoms with Crippen molar-refractivity contribution in [1.82, 2.24) is 25.2 Å². The molecule has 0 amide bonds. The van der Waals surface area contributed by atoms with Gasteiger partial charge in [-0.15, -0.1) is 5.10 Å². The first-order chi connectivity index (χ1) is 16.9. The third-order valence-electron chi connectivity index (χ3n) is 5.27. The van der Waals surface area contributed by atoms with Crippen LogP contribution in [0, 0.1) is 11.6 Å². The Balaban J connectivity index is 1.69. The van der Waals surface area contributed by atoms with Crippen molar-refractivity contribution in [2.24, 2.45) is 0 Å². The second-order valence-corrected chi connectivity index (χ2v) is 7.70. The Morgan fingerprint density at radius 2 is 1.58 bits per heavy atom. The molecule has 2 heterocycles. The highest BCUT2D eigenvalue weighted by atomic mass is 19.4. The summed E-state index contributed by atoms with van der Waals surface area (Å²) in [5.74, 6) is -6.70. The summed E-state index contributed by atoms with van der Waals surface area (Å²) in [4.78, 5) is 3.71. The van der Waals surface area contributed by atoms with Gasteiger partial charge in [-0.25, -0.2) is 13.5 Å². The number of aromatic nitrogens is 5. The molecule has 0 aliphatic heterocycles. The van der Waals surface area contributed by atoms with Gasteiger partial charge in [0.1, 0.15) is 23.7 Å². The van der Waals surface area contributed by atoms with Crippen LogP contribution in [0.3, 0.4) is 0 Å². The molecular weight excluding hydrogens is 497 g/mol. The van der Waals surface area contributed by atoms with Gasteiger partial charge in [-0.3, -0.25) is 10.3 Å². The molecule has 2 aromatic heterocycles. The van der Waals surface area contributed by atoms with Crippen LogP contribution in [0.1, 0.15) is 11.3 Å². The van der Waals surface area contributed by atoms with Gasteiger partial charge < -0.3 is 5.11 Å². The van der Waals surface area contributed by atoms with E-state index >= 15 is 8.78 Å². The standard InChI is InChI=1S/C22H15F7N6O/c23-15-4-7-17(18(24)9-15)20(36,11-35-12-31-33-34-35)21(25,26)19-8-3-14(10-30-19)13-1-5-16(6-2-13)32-22(27,28)29/h1-10,12,32,36H,11H2. The summed E-state index contributed by atoms with van der Waals surface area (Å²) in [6, 6.07) is 8.78. The zero-order valence-electron chi connectivity index (χ0n) is 17.9. The van der Waals surface area contributed by atoms with Crippen LogP contribution in [0.4, 0.5) is 36.4 Å². The molecule has 0 aliphatic rings. The monoisotopic (exact) mass is 512 g/mol. The van der Waals surface area contributed by atoms with Gasteiger partial charge in [-0.2, -0.15) is 22.0 Å². The lowest BCUT2D eigenvalue weighted by atomic mass is 9.84. The van der Waals surface area contributed by atoms with Crippen LogP contribution in [0.25, 0.3) is 11.1 Å². The molecule has 2 N–H and O–H groups in total. The Kier molecular flexibility index (Phi) is 6.39. The van der Waals surface area contributed by atoms with E-state index in [2.05, 4.69) is 20.5 Å². The van der Waals surface area contributed by atoms with Gasteiger partial charge in [0.25, 0.3) is 0 Å². The molecule has 0 radical (unpaired) electrons. The quantitative estimate of drug-likeness (QED) is 0.278. The molecule has 0 aliphatic carbocycles. The van der Waals surface area contributed by atoms with Gasteiger partial charge in [0, 0.05) is 29.1 Å². The average Bonchev–Trinajstić information content (AvgIpc) is 3.31. The Bertz CT molecular complexity index is 1330. The summed E-state index contributed by atoms with van der Waals surface area (Å²) in [5.41, 5.74) is -4.73. The van der Waals surface area contributed by atoms with Crippen molar-refractivity contribution < 1.29 is 35.8 Å². The lowest BCUT2D eigenvalue weighted by Crippen LogP contribution is -2.48. The molecule has 188 valence electrons. The van der Waals surface area contributed by atoms with Crippen molar-refractivity contribution in [3.8, 4) is 11.1 Å². The molecule has 0 bridgehead atoms. The normalized spacial score (nSPS) is 13.9. The summed E-state index contributed by atoms with van der Waals surface area (Å²) in [5, 5.41) is 22.5. The van der Waals surface area contributed by atoms with Crippen LogP contribution >= 0.6 is 0 Å². The van der Waals surface area contributed by atoms with E-state index < -0.39 is 47.3 Å². The van der Waals surface area contributed by atoms with E-state index in [1.807, 2.05) is 0 Å². The third-order valence-corrected chi connectivity index (χ3v) is 5.27. The summed E-state index contributed by atoms with van der Waals surface area (Å²) < 4.78 is 97.5. The highest BCUT2D eigenvalue weighted by Crippen LogP contribution is 2.46. The largest absolute Gasteiger partial charge is 0.482 e. The van der Waals surface area contributed by atoms with E-state index in [9.17, 15) is 27.1 Å². The second-order valence-electron chi connectivity index (χ2n) is 7.70. The maximum atomic E-state index is 15.7. The molecule has 14 heteroatoms. The van der Waals surface area contributed by atoms with Gasteiger partial charge in [-0.05, 0) is 46.3 Å². The van der Waals surface area contributed by atoms with Crippen molar-refractivity contribution in [2.75, 3.05) is 5.32 Å². The number of anilines is 1. The van der Waals surface area contributed by atoms with Crippen LogP contribution in [0.15, 0.2) is 67.1 Å².